The number of carbonyl (C=O) groups excluding carboxylic acids is 1. The van der Waals surface area contributed by atoms with Crippen LogP contribution in [0.4, 0.5) is 0 Å². The van der Waals surface area contributed by atoms with Crippen LogP contribution in [0, 0.1) is 17.8 Å². The van der Waals surface area contributed by atoms with Crippen molar-refractivity contribution in [1.82, 2.24) is 0 Å². The highest BCUT2D eigenvalue weighted by Crippen LogP contribution is 2.58. The maximum absolute atomic E-state index is 12.8. The van der Waals surface area contributed by atoms with E-state index in [1.54, 1.807) is 28.4 Å². The summed E-state index contributed by atoms with van der Waals surface area (Å²) in [5, 5.41) is 0. The Labute approximate surface area is 206 Å². The van der Waals surface area contributed by atoms with Crippen molar-refractivity contribution >= 4 is 5.97 Å². The first kappa shape index (κ1) is 24.8. The second kappa shape index (κ2) is 9.76. The van der Waals surface area contributed by atoms with Crippen molar-refractivity contribution in [1.29, 1.82) is 0 Å². The predicted octanol–water partition coefficient (Wildman–Crippen LogP) is 5.19. The molecule has 0 N–H and O–H groups in total. The van der Waals surface area contributed by atoms with Crippen LogP contribution in [0.1, 0.15) is 44.9 Å². The zero-order chi connectivity index (χ0) is 25.4. The Morgan fingerprint density at radius 3 is 2.20 bits per heavy atom. The van der Waals surface area contributed by atoms with Crippen LogP contribution < -0.4 is 28.4 Å². The SMILES string of the molecule is COc1cc2c(c(OC)c1OC)-c1c(cc3c(c1OC)OCO3)C(OC(=O)C(C)C)C(C)C(C)C2. The molecule has 4 rings (SSSR count). The molecule has 2 aromatic carbocycles. The number of hydrogen-bond acceptors (Lipinski definition) is 8. The molecule has 3 atom stereocenters. The van der Waals surface area contributed by atoms with Crippen molar-refractivity contribution in [2.75, 3.05) is 35.2 Å². The van der Waals surface area contributed by atoms with Crippen molar-refractivity contribution in [2.45, 2.75) is 40.2 Å². The van der Waals surface area contributed by atoms with Crippen LogP contribution in [0.5, 0.6) is 34.5 Å². The highest BCUT2D eigenvalue weighted by atomic mass is 16.7. The summed E-state index contributed by atoms with van der Waals surface area (Å²) in [6, 6.07) is 3.88. The molecule has 0 radical (unpaired) electrons. The van der Waals surface area contributed by atoms with Crippen LogP contribution in [0.15, 0.2) is 12.1 Å². The molecule has 0 spiro atoms. The molecule has 8 nitrogen and oxygen atoms in total. The average molecular weight is 487 g/mol. The van der Waals surface area contributed by atoms with Gasteiger partial charge < -0.3 is 33.2 Å². The van der Waals surface area contributed by atoms with Gasteiger partial charge in [0.15, 0.2) is 23.0 Å². The van der Waals surface area contributed by atoms with Crippen LogP contribution >= 0.6 is 0 Å². The highest BCUT2D eigenvalue weighted by Gasteiger charge is 2.40. The van der Waals surface area contributed by atoms with Crippen LogP contribution in [-0.2, 0) is 16.0 Å². The lowest BCUT2D eigenvalue weighted by molar-refractivity contribution is -0.157. The zero-order valence-electron chi connectivity index (χ0n) is 21.6. The fourth-order valence-electron chi connectivity index (χ4n) is 4.90. The van der Waals surface area contributed by atoms with Gasteiger partial charge in [0.2, 0.25) is 18.3 Å². The van der Waals surface area contributed by atoms with Crippen molar-refractivity contribution in [3.05, 3.63) is 23.3 Å². The molecule has 190 valence electrons. The van der Waals surface area contributed by atoms with Crippen LogP contribution in [0.3, 0.4) is 0 Å². The number of rotatable bonds is 6. The number of esters is 1. The fraction of sp³-hybridized carbons (Fsp3) is 0.519. The van der Waals surface area contributed by atoms with E-state index in [1.165, 1.54) is 0 Å². The molecular weight excluding hydrogens is 452 g/mol. The average Bonchev–Trinajstić information content (AvgIpc) is 3.32. The maximum Gasteiger partial charge on any atom is 0.308 e. The van der Waals surface area contributed by atoms with E-state index in [9.17, 15) is 4.79 Å². The van der Waals surface area contributed by atoms with Crippen molar-refractivity contribution < 1.29 is 38.0 Å². The highest BCUT2D eigenvalue weighted by molar-refractivity contribution is 5.89. The van der Waals surface area contributed by atoms with Gasteiger partial charge in [-0.2, -0.15) is 0 Å². The first-order valence-corrected chi connectivity index (χ1v) is 11.8. The van der Waals surface area contributed by atoms with Gasteiger partial charge in [0.25, 0.3) is 0 Å². The smallest absolute Gasteiger partial charge is 0.308 e. The van der Waals surface area contributed by atoms with E-state index >= 15 is 0 Å². The van der Waals surface area contributed by atoms with Gasteiger partial charge in [0.05, 0.1) is 34.4 Å². The Morgan fingerprint density at radius 2 is 1.60 bits per heavy atom. The van der Waals surface area contributed by atoms with Gasteiger partial charge in [-0.05, 0) is 30.0 Å². The Morgan fingerprint density at radius 1 is 0.914 bits per heavy atom. The summed E-state index contributed by atoms with van der Waals surface area (Å²) in [6.45, 7) is 7.99. The zero-order valence-corrected chi connectivity index (χ0v) is 21.6. The lowest BCUT2D eigenvalue weighted by Crippen LogP contribution is -2.28. The molecule has 1 aliphatic carbocycles. The third kappa shape index (κ3) is 4.09. The molecular formula is C27H34O8. The second-order valence-corrected chi connectivity index (χ2v) is 9.34. The largest absolute Gasteiger partial charge is 0.493 e. The normalized spacial score (nSPS) is 20.3. The van der Waals surface area contributed by atoms with Crippen molar-refractivity contribution in [3.8, 4) is 45.6 Å². The second-order valence-electron chi connectivity index (χ2n) is 9.34. The van der Waals surface area contributed by atoms with Gasteiger partial charge in [-0.15, -0.1) is 0 Å². The molecule has 0 aromatic heterocycles. The third-order valence-corrected chi connectivity index (χ3v) is 6.95. The van der Waals surface area contributed by atoms with Gasteiger partial charge in [0, 0.05) is 22.6 Å². The molecule has 35 heavy (non-hydrogen) atoms. The molecule has 8 heteroatoms. The van der Waals surface area contributed by atoms with E-state index in [4.69, 9.17) is 33.2 Å². The number of fused-ring (bicyclic) bond motifs is 4. The minimum atomic E-state index is -0.538. The van der Waals surface area contributed by atoms with Crippen LogP contribution in [0.25, 0.3) is 11.1 Å². The number of ether oxygens (including phenoxy) is 7. The lowest BCUT2D eigenvalue weighted by Gasteiger charge is -2.35. The summed E-state index contributed by atoms with van der Waals surface area (Å²) < 4.78 is 40.9. The Bertz CT molecular complexity index is 1120. The summed E-state index contributed by atoms with van der Waals surface area (Å²) in [6.07, 6.45) is 0.157. The maximum atomic E-state index is 12.8. The third-order valence-electron chi connectivity index (χ3n) is 6.95. The molecule has 2 aliphatic rings. The van der Waals surface area contributed by atoms with Crippen LogP contribution in [0.2, 0.25) is 0 Å². The monoisotopic (exact) mass is 486 g/mol. The fourth-order valence-corrected chi connectivity index (χ4v) is 4.90. The lowest BCUT2D eigenvalue weighted by atomic mass is 9.75. The van der Waals surface area contributed by atoms with Crippen molar-refractivity contribution in [2.24, 2.45) is 17.8 Å². The minimum absolute atomic E-state index is 0.00577. The molecule has 0 bridgehead atoms. The Kier molecular flexibility index (Phi) is 6.92. The van der Waals surface area contributed by atoms with Crippen molar-refractivity contribution in [3.63, 3.8) is 0 Å². The van der Waals surface area contributed by atoms with E-state index in [-0.39, 0.29) is 30.5 Å². The van der Waals surface area contributed by atoms with E-state index in [1.807, 2.05) is 26.0 Å². The number of benzene rings is 2. The standard InChI is InChI=1S/C27H34O8/c1-13(2)27(28)35-22-15(4)14(3)9-16-10-18(29-5)23(30-6)25(31-7)20(16)21-17(22)11-19-24(26(21)32-8)34-12-33-19/h10-11,13-15,22H,9,12H2,1-8H3. The van der Waals surface area contributed by atoms with Gasteiger partial charge in [-0.1, -0.05) is 27.7 Å². The predicted molar refractivity (Wildman–Crippen MR) is 130 cm³/mol. The Hall–Kier alpha value is -3.29. The van der Waals surface area contributed by atoms with Gasteiger partial charge in [-0.3, -0.25) is 4.79 Å². The first-order chi connectivity index (χ1) is 16.8. The summed E-state index contributed by atoms with van der Waals surface area (Å²) in [7, 11) is 6.36. The molecule has 1 aliphatic heterocycles. The van der Waals surface area contributed by atoms with Gasteiger partial charge in [-0.25, -0.2) is 0 Å². The molecule has 0 saturated carbocycles. The van der Waals surface area contributed by atoms with E-state index in [0.29, 0.717) is 40.9 Å². The molecule has 0 fully saturated rings. The summed E-state index contributed by atoms with van der Waals surface area (Å²) >= 11 is 0. The van der Waals surface area contributed by atoms with E-state index in [2.05, 4.69) is 13.8 Å². The first-order valence-electron chi connectivity index (χ1n) is 11.8. The van der Waals surface area contributed by atoms with E-state index in [0.717, 1.165) is 22.3 Å². The summed E-state index contributed by atoms with van der Waals surface area (Å²) in [4.78, 5) is 12.8. The van der Waals surface area contributed by atoms with Crippen LogP contribution in [-0.4, -0.2) is 41.2 Å². The molecule has 0 saturated heterocycles. The topological polar surface area (TPSA) is 81.7 Å². The molecule has 0 amide bonds. The molecule has 3 unspecified atom stereocenters. The van der Waals surface area contributed by atoms with E-state index < -0.39 is 6.10 Å². The summed E-state index contributed by atoms with van der Waals surface area (Å²) in [5.74, 6) is 2.72. The van der Waals surface area contributed by atoms with Gasteiger partial charge in [0.1, 0.15) is 6.10 Å². The number of carbonyl (C=O) groups is 1. The quantitative estimate of drug-likeness (QED) is 0.517. The molecule has 2 aromatic rings. The number of hydrogen-bond donors (Lipinski definition) is 0. The van der Waals surface area contributed by atoms with Gasteiger partial charge >= 0.3 is 5.97 Å². The Balaban J connectivity index is 2.13. The summed E-state index contributed by atoms with van der Waals surface area (Å²) in [5.41, 5.74) is 3.29. The number of methoxy groups -OCH3 is 4. The molecule has 1 heterocycles. The minimum Gasteiger partial charge on any atom is -0.493 e.